The molecule has 3 aromatic rings. The lowest BCUT2D eigenvalue weighted by molar-refractivity contribution is 0.0725. The number of carbonyl (C=O) groups excluding carboxylic acids is 1. The quantitative estimate of drug-likeness (QED) is 0.638. The summed E-state index contributed by atoms with van der Waals surface area (Å²) in [7, 11) is 1.62. The van der Waals surface area contributed by atoms with Crippen LogP contribution < -0.4 is 4.74 Å². The molecule has 0 radical (unpaired) electrons. The van der Waals surface area contributed by atoms with Gasteiger partial charge >= 0.3 is 0 Å². The van der Waals surface area contributed by atoms with E-state index in [0.29, 0.717) is 23.0 Å². The van der Waals surface area contributed by atoms with Gasteiger partial charge in [0.15, 0.2) is 11.5 Å². The first kappa shape index (κ1) is 17.6. The van der Waals surface area contributed by atoms with E-state index in [1.165, 1.54) is 0 Å². The van der Waals surface area contributed by atoms with Gasteiger partial charge in [0.1, 0.15) is 5.75 Å². The third kappa shape index (κ3) is 3.43. The number of ether oxygens (including phenoxy) is 1. The number of likely N-dealkylation sites (tertiary alicyclic amines) is 1. The Labute approximate surface area is 162 Å². The molecule has 1 amide bonds. The number of carbonyl (C=O) groups is 1. The number of nitrogens with zero attached hydrogens (tertiary/aromatic N) is 2. The first-order valence-corrected chi connectivity index (χ1v) is 9.21. The lowest BCUT2D eigenvalue weighted by Crippen LogP contribution is -2.30. The van der Waals surface area contributed by atoms with Gasteiger partial charge < -0.3 is 14.2 Å². The molecule has 0 spiro atoms. The van der Waals surface area contributed by atoms with Crippen molar-refractivity contribution in [3.8, 4) is 17.1 Å². The lowest BCUT2D eigenvalue weighted by atomic mass is 10.0. The lowest BCUT2D eigenvalue weighted by Gasteiger charge is -2.24. The fourth-order valence-corrected chi connectivity index (χ4v) is 3.75. The van der Waals surface area contributed by atoms with Crippen molar-refractivity contribution in [3.63, 3.8) is 0 Å². The molecule has 0 aliphatic carbocycles. The average molecular weight is 383 g/mol. The highest BCUT2D eigenvalue weighted by atomic mass is 35.5. The average Bonchev–Trinajstić information content (AvgIpc) is 3.38. The number of methoxy groups -OCH3 is 1. The zero-order valence-corrected chi connectivity index (χ0v) is 15.6. The molecule has 1 saturated heterocycles. The number of hydrogen-bond acceptors (Lipinski definition) is 4. The Bertz CT molecular complexity index is 952. The SMILES string of the molecule is COc1ccc(-c2cc(C(=O)N3CCCC3c3ccccc3Cl)no2)cc1. The number of amides is 1. The monoisotopic (exact) mass is 382 g/mol. The molecule has 1 aliphatic heterocycles. The van der Waals surface area contributed by atoms with Crippen molar-refractivity contribution >= 4 is 17.5 Å². The van der Waals surface area contributed by atoms with Crippen LogP contribution in [-0.2, 0) is 0 Å². The smallest absolute Gasteiger partial charge is 0.276 e. The van der Waals surface area contributed by atoms with E-state index < -0.39 is 0 Å². The minimum absolute atomic E-state index is 0.0349. The normalized spacial score (nSPS) is 16.5. The number of hydrogen-bond donors (Lipinski definition) is 0. The predicted molar refractivity (Wildman–Crippen MR) is 103 cm³/mol. The van der Waals surface area contributed by atoms with Gasteiger partial charge in [-0.3, -0.25) is 4.79 Å². The third-order valence-corrected chi connectivity index (χ3v) is 5.23. The zero-order chi connectivity index (χ0) is 18.8. The fraction of sp³-hybridized carbons (Fsp3) is 0.238. The number of aromatic nitrogens is 1. The molecule has 0 N–H and O–H groups in total. The Kier molecular flexibility index (Phi) is 4.86. The highest BCUT2D eigenvalue weighted by Gasteiger charge is 2.33. The molecule has 5 nitrogen and oxygen atoms in total. The van der Waals surface area contributed by atoms with Gasteiger partial charge in [-0.1, -0.05) is 35.0 Å². The van der Waals surface area contributed by atoms with E-state index in [1.54, 1.807) is 13.2 Å². The Morgan fingerprint density at radius 3 is 2.74 bits per heavy atom. The highest BCUT2D eigenvalue weighted by molar-refractivity contribution is 6.31. The van der Waals surface area contributed by atoms with Gasteiger partial charge in [0, 0.05) is 23.2 Å². The largest absolute Gasteiger partial charge is 0.497 e. The summed E-state index contributed by atoms with van der Waals surface area (Å²) in [5, 5.41) is 4.68. The summed E-state index contributed by atoms with van der Waals surface area (Å²) in [6, 6.07) is 16.7. The number of halogens is 1. The van der Waals surface area contributed by atoms with E-state index in [9.17, 15) is 4.79 Å². The van der Waals surface area contributed by atoms with Crippen molar-refractivity contribution in [3.05, 3.63) is 70.9 Å². The molecule has 1 fully saturated rings. The van der Waals surface area contributed by atoms with Crippen LogP contribution in [0.4, 0.5) is 0 Å². The summed E-state index contributed by atoms with van der Waals surface area (Å²) in [6.07, 6.45) is 1.82. The molecule has 138 valence electrons. The highest BCUT2D eigenvalue weighted by Crippen LogP contribution is 2.36. The third-order valence-electron chi connectivity index (χ3n) is 4.88. The second kappa shape index (κ2) is 7.45. The molecule has 1 unspecified atom stereocenters. The van der Waals surface area contributed by atoms with Crippen molar-refractivity contribution in [1.82, 2.24) is 10.1 Å². The van der Waals surface area contributed by atoms with Crippen LogP contribution in [0.15, 0.2) is 59.1 Å². The number of rotatable bonds is 4. The second-order valence-corrected chi connectivity index (χ2v) is 6.89. The molecule has 6 heteroatoms. The Balaban J connectivity index is 1.57. The molecule has 1 atom stereocenters. The van der Waals surface area contributed by atoms with Crippen LogP contribution in [0.5, 0.6) is 5.75 Å². The predicted octanol–water partition coefficient (Wildman–Crippen LogP) is 4.98. The molecule has 0 bridgehead atoms. The summed E-state index contributed by atoms with van der Waals surface area (Å²) in [4.78, 5) is 14.9. The fourth-order valence-electron chi connectivity index (χ4n) is 3.49. The molecule has 4 rings (SSSR count). The molecule has 2 heterocycles. The minimum Gasteiger partial charge on any atom is -0.497 e. The van der Waals surface area contributed by atoms with E-state index >= 15 is 0 Å². The van der Waals surface area contributed by atoms with Gasteiger partial charge in [-0.2, -0.15) is 0 Å². The second-order valence-electron chi connectivity index (χ2n) is 6.48. The molecule has 1 aromatic heterocycles. The maximum absolute atomic E-state index is 13.0. The summed E-state index contributed by atoms with van der Waals surface area (Å²) in [6.45, 7) is 0.680. The van der Waals surface area contributed by atoms with Gasteiger partial charge in [-0.15, -0.1) is 0 Å². The number of benzene rings is 2. The van der Waals surface area contributed by atoms with Crippen LogP contribution in [0, 0.1) is 0 Å². The van der Waals surface area contributed by atoms with Crippen molar-refractivity contribution in [1.29, 1.82) is 0 Å². The van der Waals surface area contributed by atoms with Crippen LogP contribution in [0.1, 0.15) is 34.9 Å². The van der Waals surface area contributed by atoms with Crippen LogP contribution >= 0.6 is 11.6 Å². The van der Waals surface area contributed by atoms with Crippen molar-refractivity contribution in [2.75, 3.05) is 13.7 Å². The Morgan fingerprint density at radius 2 is 2.00 bits per heavy atom. The zero-order valence-electron chi connectivity index (χ0n) is 14.9. The van der Waals surface area contributed by atoms with E-state index in [2.05, 4.69) is 5.16 Å². The Morgan fingerprint density at radius 1 is 1.22 bits per heavy atom. The van der Waals surface area contributed by atoms with Crippen LogP contribution in [-0.4, -0.2) is 29.6 Å². The standard InChI is InChI=1S/C21H19ClN2O3/c1-26-15-10-8-14(9-11-15)20-13-18(23-27-20)21(25)24-12-4-7-19(24)16-5-2-3-6-17(16)22/h2-3,5-6,8-11,13,19H,4,7,12H2,1H3. The van der Waals surface area contributed by atoms with Gasteiger partial charge in [-0.25, -0.2) is 0 Å². The molecule has 2 aromatic carbocycles. The van der Waals surface area contributed by atoms with E-state index in [4.69, 9.17) is 20.9 Å². The molecule has 1 aliphatic rings. The van der Waals surface area contributed by atoms with Crippen LogP contribution in [0.25, 0.3) is 11.3 Å². The summed E-state index contributed by atoms with van der Waals surface area (Å²) in [5.41, 5.74) is 2.12. The topological polar surface area (TPSA) is 55.6 Å². The molecular formula is C21H19ClN2O3. The van der Waals surface area contributed by atoms with Gasteiger partial charge in [0.2, 0.25) is 0 Å². The van der Waals surface area contributed by atoms with E-state index in [-0.39, 0.29) is 11.9 Å². The maximum Gasteiger partial charge on any atom is 0.276 e. The van der Waals surface area contributed by atoms with Gasteiger partial charge in [0.05, 0.1) is 13.2 Å². The summed E-state index contributed by atoms with van der Waals surface area (Å²) < 4.78 is 10.6. The first-order chi connectivity index (χ1) is 13.2. The van der Waals surface area contributed by atoms with Gasteiger partial charge in [0.25, 0.3) is 5.91 Å². The molecular weight excluding hydrogens is 364 g/mol. The van der Waals surface area contributed by atoms with E-state index in [0.717, 1.165) is 29.7 Å². The van der Waals surface area contributed by atoms with E-state index in [1.807, 2.05) is 53.4 Å². The maximum atomic E-state index is 13.0. The first-order valence-electron chi connectivity index (χ1n) is 8.84. The van der Waals surface area contributed by atoms with Crippen LogP contribution in [0.2, 0.25) is 5.02 Å². The van der Waals surface area contributed by atoms with Crippen LogP contribution in [0.3, 0.4) is 0 Å². The Hall–Kier alpha value is -2.79. The van der Waals surface area contributed by atoms with Crippen molar-refractivity contribution in [2.24, 2.45) is 0 Å². The summed E-state index contributed by atoms with van der Waals surface area (Å²) >= 11 is 6.35. The van der Waals surface area contributed by atoms with Crippen molar-refractivity contribution in [2.45, 2.75) is 18.9 Å². The molecule has 0 saturated carbocycles. The minimum atomic E-state index is -0.138. The summed E-state index contributed by atoms with van der Waals surface area (Å²) in [5.74, 6) is 1.17. The van der Waals surface area contributed by atoms with Gasteiger partial charge in [-0.05, 0) is 48.7 Å². The van der Waals surface area contributed by atoms with Crippen molar-refractivity contribution < 1.29 is 14.1 Å². The molecule has 27 heavy (non-hydrogen) atoms.